The number of aromatic nitrogens is 5. The van der Waals surface area contributed by atoms with E-state index >= 15 is 0 Å². The largest absolute Gasteiger partial charge is 0.284 e. The molecule has 1 aromatic carbocycles. The molecule has 0 aliphatic heterocycles. The Morgan fingerprint density at radius 3 is 2.55 bits per heavy atom. The third kappa shape index (κ3) is 4.24. The molecule has 1 N–H and O–H groups in total. The van der Waals surface area contributed by atoms with E-state index in [2.05, 4.69) is 25.0 Å². The van der Waals surface area contributed by atoms with E-state index < -0.39 is 10.0 Å². The van der Waals surface area contributed by atoms with Gasteiger partial charge in [-0.2, -0.15) is 9.61 Å². The molecular formula is C20H20N6O2S. The SMILES string of the molecule is CCCCS(=O)(=O)Nc1ccc(-c2ccc3nnc(-c4cccnc4)n3n2)cc1. The van der Waals surface area contributed by atoms with Gasteiger partial charge in [-0.15, -0.1) is 10.2 Å². The number of nitrogens with one attached hydrogen (secondary N) is 1. The highest BCUT2D eigenvalue weighted by Crippen LogP contribution is 2.22. The number of fused-ring (bicyclic) bond motifs is 1. The number of unbranched alkanes of at least 4 members (excludes halogenated alkanes) is 1. The van der Waals surface area contributed by atoms with Crippen molar-refractivity contribution >= 4 is 21.4 Å². The molecule has 0 aliphatic carbocycles. The minimum atomic E-state index is -3.32. The van der Waals surface area contributed by atoms with Crippen LogP contribution in [0.15, 0.2) is 60.9 Å². The fourth-order valence-corrected chi connectivity index (χ4v) is 4.16. The zero-order valence-corrected chi connectivity index (χ0v) is 16.7. The molecule has 148 valence electrons. The predicted molar refractivity (Wildman–Crippen MR) is 112 cm³/mol. The van der Waals surface area contributed by atoms with Crippen molar-refractivity contribution < 1.29 is 8.42 Å². The van der Waals surface area contributed by atoms with Gasteiger partial charge < -0.3 is 0 Å². The van der Waals surface area contributed by atoms with Crippen molar-refractivity contribution in [1.82, 2.24) is 24.8 Å². The third-order valence-corrected chi connectivity index (χ3v) is 5.78. The first-order chi connectivity index (χ1) is 14.1. The summed E-state index contributed by atoms with van der Waals surface area (Å²) in [5.74, 6) is 0.726. The summed E-state index contributed by atoms with van der Waals surface area (Å²) >= 11 is 0. The number of rotatable bonds is 7. The summed E-state index contributed by atoms with van der Waals surface area (Å²) in [4.78, 5) is 4.12. The summed E-state index contributed by atoms with van der Waals surface area (Å²) < 4.78 is 28.4. The van der Waals surface area contributed by atoms with Crippen molar-refractivity contribution in [2.75, 3.05) is 10.5 Å². The van der Waals surface area contributed by atoms with Crippen LogP contribution in [0.1, 0.15) is 19.8 Å². The van der Waals surface area contributed by atoms with Gasteiger partial charge in [-0.25, -0.2) is 8.42 Å². The molecule has 0 saturated heterocycles. The van der Waals surface area contributed by atoms with E-state index in [1.807, 2.05) is 43.3 Å². The van der Waals surface area contributed by atoms with Gasteiger partial charge in [0.05, 0.1) is 11.4 Å². The Bertz CT molecular complexity index is 1220. The Labute approximate surface area is 168 Å². The van der Waals surface area contributed by atoms with Gasteiger partial charge in [0.15, 0.2) is 11.5 Å². The van der Waals surface area contributed by atoms with E-state index in [-0.39, 0.29) is 5.75 Å². The molecule has 9 heteroatoms. The highest BCUT2D eigenvalue weighted by atomic mass is 32.2. The molecule has 29 heavy (non-hydrogen) atoms. The summed E-state index contributed by atoms with van der Waals surface area (Å²) in [6.07, 6.45) is 4.88. The van der Waals surface area contributed by atoms with Crippen molar-refractivity contribution in [3.63, 3.8) is 0 Å². The van der Waals surface area contributed by atoms with Crippen molar-refractivity contribution in [3.8, 4) is 22.6 Å². The lowest BCUT2D eigenvalue weighted by molar-refractivity contribution is 0.598. The van der Waals surface area contributed by atoms with Crippen LogP contribution in [0.25, 0.3) is 28.3 Å². The lowest BCUT2D eigenvalue weighted by Crippen LogP contribution is -2.16. The number of anilines is 1. The maximum atomic E-state index is 12.1. The zero-order chi connectivity index (χ0) is 20.3. The van der Waals surface area contributed by atoms with Crippen LogP contribution >= 0.6 is 0 Å². The van der Waals surface area contributed by atoms with Gasteiger partial charge in [0.25, 0.3) is 0 Å². The molecular weight excluding hydrogens is 388 g/mol. The molecule has 3 heterocycles. The summed E-state index contributed by atoms with van der Waals surface area (Å²) in [6, 6.07) is 14.6. The second-order valence-corrected chi connectivity index (χ2v) is 8.45. The van der Waals surface area contributed by atoms with Crippen molar-refractivity contribution in [2.24, 2.45) is 0 Å². The Kier molecular flexibility index (Phi) is 5.22. The van der Waals surface area contributed by atoms with Crippen LogP contribution in [0.3, 0.4) is 0 Å². The summed E-state index contributed by atoms with van der Waals surface area (Å²) in [5, 5.41) is 13.0. The molecule has 0 unspecified atom stereocenters. The van der Waals surface area contributed by atoms with Crippen LogP contribution in [0.2, 0.25) is 0 Å². The highest BCUT2D eigenvalue weighted by molar-refractivity contribution is 7.92. The minimum Gasteiger partial charge on any atom is -0.284 e. The third-order valence-electron chi connectivity index (χ3n) is 4.40. The Hall–Kier alpha value is -3.33. The van der Waals surface area contributed by atoms with E-state index in [1.165, 1.54) is 0 Å². The average molecular weight is 408 g/mol. The monoisotopic (exact) mass is 408 g/mol. The summed E-state index contributed by atoms with van der Waals surface area (Å²) in [5.41, 5.74) is 3.57. The van der Waals surface area contributed by atoms with Gasteiger partial charge in [0, 0.05) is 29.2 Å². The highest BCUT2D eigenvalue weighted by Gasteiger charge is 2.12. The van der Waals surface area contributed by atoms with E-state index in [1.54, 1.807) is 29.0 Å². The molecule has 0 fully saturated rings. The summed E-state index contributed by atoms with van der Waals surface area (Å²) in [7, 11) is -3.32. The fraction of sp³-hybridized carbons (Fsp3) is 0.200. The summed E-state index contributed by atoms with van der Waals surface area (Å²) in [6.45, 7) is 1.96. The molecule has 4 aromatic rings. The maximum Gasteiger partial charge on any atom is 0.232 e. The van der Waals surface area contributed by atoms with Crippen molar-refractivity contribution in [2.45, 2.75) is 19.8 Å². The van der Waals surface area contributed by atoms with E-state index in [9.17, 15) is 8.42 Å². The van der Waals surface area contributed by atoms with Crippen LogP contribution in [0, 0.1) is 0 Å². The standard InChI is InChI=1S/C20H20N6O2S/c1-2-3-13-29(27,28)25-17-8-6-15(7-9-17)18-10-11-19-22-23-20(26(19)24-18)16-5-4-12-21-14-16/h4-12,14,25H,2-3,13H2,1H3. The number of pyridine rings is 1. The van der Waals surface area contributed by atoms with E-state index in [0.29, 0.717) is 23.6 Å². The second-order valence-electron chi connectivity index (χ2n) is 6.61. The quantitative estimate of drug-likeness (QED) is 0.503. The Morgan fingerprint density at radius 1 is 1.00 bits per heavy atom. The van der Waals surface area contributed by atoms with Crippen molar-refractivity contribution in [3.05, 3.63) is 60.9 Å². The van der Waals surface area contributed by atoms with Gasteiger partial charge in [0.2, 0.25) is 10.0 Å². The van der Waals surface area contributed by atoms with Crippen molar-refractivity contribution in [1.29, 1.82) is 0 Å². The topological polar surface area (TPSA) is 102 Å². The van der Waals surface area contributed by atoms with Gasteiger partial charge in [-0.3, -0.25) is 9.71 Å². The van der Waals surface area contributed by atoms with Gasteiger partial charge in [-0.1, -0.05) is 25.5 Å². The van der Waals surface area contributed by atoms with Crippen LogP contribution in [-0.4, -0.2) is 39.0 Å². The number of hydrogen-bond acceptors (Lipinski definition) is 6. The second kappa shape index (κ2) is 7.96. The van der Waals surface area contributed by atoms with Gasteiger partial charge in [-0.05, 0) is 42.8 Å². The molecule has 3 aromatic heterocycles. The van der Waals surface area contributed by atoms with Crippen LogP contribution in [0.5, 0.6) is 0 Å². The first-order valence-electron chi connectivity index (χ1n) is 9.29. The molecule has 0 amide bonds. The first-order valence-corrected chi connectivity index (χ1v) is 10.9. The van der Waals surface area contributed by atoms with Crippen LogP contribution in [0.4, 0.5) is 5.69 Å². The van der Waals surface area contributed by atoms with Gasteiger partial charge in [0.1, 0.15) is 0 Å². The number of sulfonamides is 1. The molecule has 0 radical (unpaired) electrons. The lowest BCUT2D eigenvalue weighted by Gasteiger charge is -2.08. The van der Waals surface area contributed by atoms with Gasteiger partial charge >= 0.3 is 0 Å². The smallest absolute Gasteiger partial charge is 0.232 e. The predicted octanol–water partition coefficient (Wildman–Crippen LogP) is 3.40. The van der Waals surface area contributed by atoms with E-state index in [4.69, 9.17) is 0 Å². The molecule has 8 nitrogen and oxygen atoms in total. The van der Waals surface area contributed by atoms with E-state index in [0.717, 1.165) is 23.2 Å². The van der Waals surface area contributed by atoms with Crippen LogP contribution in [-0.2, 0) is 10.0 Å². The Morgan fingerprint density at radius 2 is 1.83 bits per heavy atom. The first kappa shape index (κ1) is 19.0. The lowest BCUT2D eigenvalue weighted by atomic mass is 10.1. The number of nitrogens with zero attached hydrogens (tertiary/aromatic N) is 5. The number of benzene rings is 1. The Balaban J connectivity index is 1.62. The molecule has 4 rings (SSSR count). The molecule has 0 bridgehead atoms. The minimum absolute atomic E-state index is 0.119. The zero-order valence-electron chi connectivity index (χ0n) is 15.9. The molecule has 0 atom stereocenters. The number of hydrogen-bond donors (Lipinski definition) is 1. The molecule has 0 spiro atoms. The van der Waals surface area contributed by atoms with Crippen LogP contribution < -0.4 is 4.72 Å². The molecule has 0 saturated carbocycles. The normalized spacial score (nSPS) is 11.6. The average Bonchev–Trinajstić information content (AvgIpc) is 3.16. The maximum absolute atomic E-state index is 12.1. The molecule has 0 aliphatic rings. The fourth-order valence-electron chi connectivity index (χ4n) is 2.89.